The Hall–Kier alpha value is -4.63. The van der Waals surface area contributed by atoms with Crippen LogP contribution in [0.3, 0.4) is 0 Å². The molecule has 0 spiro atoms. The smallest absolute Gasteiger partial charge is 0.291 e. The highest BCUT2D eigenvalue weighted by Gasteiger charge is 2.33. The van der Waals surface area contributed by atoms with Crippen molar-refractivity contribution in [3.8, 4) is 0 Å². The Morgan fingerprint density at radius 1 is 1.08 bits per heavy atom. The van der Waals surface area contributed by atoms with Crippen molar-refractivity contribution in [2.24, 2.45) is 0 Å². The van der Waals surface area contributed by atoms with Gasteiger partial charge in [-0.3, -0.25) is 30.0 Å². The van der Waals surface area contributed by atoms with Crippen LogP contribution in [0.25, 0.3) is 11.0 Å². The van der Waals surface area contributed by atoms with Gasteiger partial charge < -0.3 is 9.88 Å². The van der Waals surface area contributed by atoms with E-state index in [1.807, 2.05) is 54.5 Å². The van der Waals surface area contributed by atoms with Gasteiger partial charge in [-0.1, -0.05) is 24.3 Å². The number of aryl methyl sites for hydroxylation is 2. The van der Waals surface area contributed by atoms with Crippen LogP contribution in [0.2, 0.25) is 0 Å². The number of thiophene rings is 1. The summed E-state index contributed by atoms with van der Waals surface area (Å²) in [4.78, 5) is 36.5. The average Bonchev–Trinajstić information content (AvgIpc) is 3.38. The molecule has 8 nitrogen and oxygen atoms in total. The first-order chi connectivity index (χ1) is 18.8. The number of benzene rings is 2. The van der Waals surface area contributed by atoms with Crippen molar-refractivity contribution >= 4 is 34.1 Å². The van der Waals surface area contributed by atoms with E-state index in [9.17, 15) is 9.59 Å². The van der Waals surface area contributed by atoms with E-state index in [4.69, 9.17) is 10.8 Å². The molecule has 1 aliphatic rings. The highest BCUT2D eigenvalue weighted by Crippen LogP contribution is 2.36. The Bertz CT molecular complexity index is 1890. The number of rotatable bonds is 3. The topological polar surface area (TPSA) is 119 Å². The fourth-order valence-electron chi connectivity index (χ4n) is 5.41. The van der Waals surface area contributed by atoms with Crippen LogP contribution in [0.4, 0.5) is 0 Å². The Kier molecular flexibility index (Phi) is 6.07. The number of amides is 1. The molecule has 5 aromatic rings. The molecular formula is C30H26N6O2S. The van der Waals surface area contributed by atoms with E-state index in [0.29, 0.717) is 33.6 Å². The van der Waals surface area contributed by atoms with E-state index in [1.54, 1.807) is 24.5 Å². The number of aromatic amines is 1. The van der Waals surface area contributed by atoms with Crippen LogP contribution in [-0.2, 0) is 6.42 Å². The van der Waals surface area contributed by atoms with Crippen LogP contribution in [0.1, 0.15) is 49.1 Å². The average molecular weight is 535 g/mol. The molecule has 194 valence electrons. The molecule has 1 atom stereocenters. The lowest BCUT2D eigenvalue weighted by Crippen LogP contribution is -2.41. The van der Waals surface area contributed by atoms with Gasteiger partial charge in [-0.25, -0.2) is 0 Å². The summed E-state index contributed by atoms with van der Waals surface area (Å²) < 4.78 is 1.35. The number of nitrogens with zero attached hydrogens (tertiary/aromatic N) is 3. The molecule has 4 heterocycles. The number of carbonyl (C=O) groups is 1. The van der Waals surface area contributed by atoms with Gasteiger partial charge in [-0.2, -0.15) is 0 Å². The lowest BCUT2D eigenvalue weighted by Gasteiger charge is -2.38. The standard InChI is InChI=1S/C30H26N6O2S/c1-17-10-14-39-26(17)27(31)36-24-15-18(2)22(16-23(24)34-29(37)28(36)32)30(38)35-13-9-19-5-3-4-6-21(19)25(35)20-7-11-33-12-8-20/h3-8,10-12,14-16,25,31-32H,9,13H2,1-2H3,(H,34,37). The Morgan fingerprint density at radius 2 is 1.85 bits per heavy atom. The summed E-state index contributed by atoms with van der Waals surface area (Å²) in [7, 11) is 0. The van der Waals surface area contributed by atoms with Crippen LogP contribution < -0.4 is 11.0 Å². The fraction of sp³-hybridized carbons (Fsp3) is 0.167. The monoisotopic (exact) mass is 534 g/mol. The molecular weight excluding hydrogens is 508 g/mol. The van der Waals surface area contributed by atoms with Crippen molar-refractivity contribution in [3.05, 3.63) is 126 Å². The normalized spacial score (nSPS) is 14.8. The molecule has 1 aliphatic heterocycles. The molecule has 0 radical (unpaired) electrons. The molecule has 0 fully saturated rings. The third-order valence-electron chi connectivity index (χ3n) is 7.37. The van der Waals surface area contributed by atoms with Crippen LogP contribution >= 0.6 is 11.3 Å². The summed E-state index contributed by atoms with van der Waals surface area (Å²) >= 11 is 1.39. The highest BCUT2D eigenvalue weighted by atomic mass is 32.1. The fourth-order valence-corrected chi connectivity index (χ4v) is 6.27. The lowest BCUT2D eigenvalue weighted by molar-refractivity contribution is 0.0694. The quantitative estimate of drug-likeness (QED) is 0.233. The van der Waals surface area contributed by atoms with Gasteiger partial charge in [0.1, 0.15) is 5.84 Å². The maximum absolute atomic E-state index is 14.2. The first-order valence-electron chi connectivity index (χ1n) is 12.6. The summed E-state index contributed by atoms with van der Waals surface area (Å²) in [5.74, 6) is -0.0790. The second-order valence-corrected chi connectivity index (χ2v) is 10.7. The van der Waals surface area contributed by atoms with E-state index in [-0.39, 0.29) is 23.3 Å². The van der Waals surface area contributed by atoms with Crippen LogP contribution in [-0.4, -0.2) is 37.7 Å². The molecule has 3 N–H and O–H groups in total. The van der Waals surface area contributed by atoms with Gasteiger partial charge in [0, 0.05) is 24.5 Å². The molecule has 2 aromatic carbocycles. The third kappa shape index (κ3) is 4.11. The second-order valence-electron chi connectivity index (χ2n) is 9.73. The predicted octanol–water partition coefficient (Wildman–Crippen LogP) is 4.54. The van der Waals surface area contributed by atoms with E-state index in [1.165, 1.54) is 21.5 Å². The number of fused-ring (bicyclic) bond motifs is 2. The van der Waals surface area contributed by atoms with Gasteiger partial charge >= 0.3 is 0 Å². The van der Waals surface area contributed by atoms with Gasteiger partial charge in [-0.05, 0) is 83.8 Å². The summed E-state index contributed by atoms with van der Waals surface area (Å²) in [5, 5.41) is 19.2. The molecule has 0 bridgehead atoms. The van der Waals surface area contributed by atoms with Gasteiger partial charge in [0.05, 0.1) is 22.0 Å². The van der Waals surface area contributed by atoms with Gasteiger partial charge in [-0.15, -0.1) is 11.3 Å². The predicted molar refractivity (Wildman–Crippen MR) is 152 cm³/mol. The van der Waals surface area contributed by atoms with E-state index >= 15 is 0 Å². The zero-order chi connectivity index (χ0) is 27.3. The van der Waals surface area contributed by atoms with E-state index in [2.05, 4.69) is 22.1 Å². The SMILES string of the molecule is Cc1cc2c(cc1C(=O)N1CCc3ccccc3C1c1ccncc1)[nH]c(=O)c(=N)n2C(=N)c1sccc1C. The minimum atomic E-state index is -0.620. The highest BCUT2D eigenvalue weighted by molar-refractivity contribution is 7.12. The van der Waals surface area contributed by atoms with E-state index in [0.717, 1.165) is 23.1 Å². The minimum Gasteiger partial charge on any atom is -0.327 e. The Labute approximate surface area is 228 Å². The second kappa shape index (κ2) is 9.59. The first kappa shape index (κ1) is 24.7. The molecule has 9 heteroatoms. The Morgan fingerprint density at radius 3 is 2.59 bits per heavy atom. The molecule has 0 saturated carbocycles. The molecule has 1 amide bonds. The third-order valence-corrected chi connectivity index (χ3v) is 8.39. The number of pyridine rings is 1. The van der Waals surface area contributed by atoms with Crippen LogP contribution in [0.5, 0.6) is 0 Å². The number of aromatic nitrogens is 3. The van der Waals surface area contributed by atoms with Gasteiger partial charge in [0.15, 0.2) is 5.49 Å². The summed E-state index contributed by atoms with van der Waals surface area (Å²) in [6.45, 7) is 4.30. The number of carbonyl (C=O) groups excluding carboxylic acids is 1. The van der Waals surface area contributed by atoms with Crippen molar-refractivity contribution in [1.29, 1.82) is 10.8 Å². The lowest BCUT2D eigenvalue weighted by atomic mass is 9.88. The number of hydrogen-bond donors (Lipinski definition) is 3. The molecule has 6 rings (SSSR count). The molecule has 1 unspecified atom stereocenters. The summed E-state index contributed by atoms with van der Waals surface area (Å²) in [5.41, 5.74) is 5.32. The van der Waals surface area contributed by atoms with Crippen molar-refractivity contribution in [2.75, 3.05) is 6.54 Å². The minimum absolute atomic E-state index is 0.0625. The molecule has 39 heavy (non-hydrogen) atoms. The summed E-state index contributed by atoms with van der Waals surface area (Å²) in [6.07, 6.45) is 4.22. The largest absolute Gasteiger partial charge is 0.327 e. The molecule has 0 saturated heterocycles. The molecule has 0 aliphatic carbocycles. The maximum atomic E-state index is 14.2. The number of nitrogens with one attached hydrogen (secondary N) is 3. The van der Waals surface area contributed by atoms with Gasteiger partial charge in [0.2, 0.25) is 0 Å². The molecule has 3 aromatic heterocycles. The number of hydrogen-bond acceptors (Lipinski definition) is 6. The van der Waals surface area contributed by atoms with E-state index < -0.39 is 5.56 Å². The van der Waals surface area contributed by atoms with Crippen molar-refractivity contribution in [1.82, 2.24) is 19.4 Å². The van der Waals surface area contributed by atoms with Crippen molar-refractivity contribution < 1.29 is 4.79 Å². The zero-order valence-corrected chi connectivity index (χ0v) is 22.3. The first-order valence-corrected chi connectivity index (χ1v) is 13.5. The zero-order valence-electron chi connectivity index (χ0n) is 21.5. The van der Waals surface area contributed by atoms with Crippen LogP contribution in [0, 0.1) is 24.7 Å². The van der Waals surface area contributed by atoms with Crippen LogP contribution in [0.15, 0.2) is 77.2 Å². The van der Waals surface area contributed by atoms with Crippen molar-refractivity contribution in [2.45, 2.75) is 26.3 Å². The summed E-state index contributed by atoms with van der Waals surface area (Å²) in [6, 6.07) is 17.2. The Balaban J connectivity index is 1.49. The van der Waals surface area contributed by atoms with Crippen molar-refractivity contribution in [3.63, 3.8) is 0 Å². The maximum Gasteiger partial charge on any atom is 0.291 e. The number of H-pyrrole nitrogens is 1. The van der Waals surface area contributed by atoms with Gasteiger partial charge in [0.25, 0.3) is 11.5 Å².